The van der Waals surface area contributed by atoms with Crippen molar-refractivity contribution in [3.05, 3.63) is 143 Å². The van der Waals surface area contributed by atoms with Gasteiger partial charge in [-0.15, -0.1) is 0 Å². The molecule has 53 heavy (non-hydrogen) atoms. The third-order valence-corrected chi connectivity index (χ3v) is 10.8. The lowest BCUT2D eigenvalue weighted by Crippen LogP contribution is -2.23. The molecule has 0 unspecified atom stereocenters. The molecule has 0 spiro atoms. The number of rotatable bonds is 5. The molecular formula is C49H53N3O. The number of benzene rings is 4. The van der Waals surface area contributed by atoms with E-state index < -0.39 is 5.41 Å². The molecule has 0 atom stereocenters. The van der Waals surface area contributed by atoms with Gasteiger partial charge in [0.25, 0.3) is 0 Å². The maximum absolute atomic E-state index is 11.3. The highest BCUT2D eigenvalue weighted by molar-refractivity contribution is 6.09. The molecule has 7 rings (SSSR count). The number of para-hydroxylation sites is 2. The smallest absolute Gasteiger partial charge is 0.146 e. The van der Waals surface area contributed by atoms with Gasteiger partial charge in [-0.25, -0.2) is 4.98 Å². The predicted octanol–water partition coefficient (Wildman–Crippen LogP) is 12.8. The van der Waals surface area contributed by atoms with Gasteiger partial charge in [-0.2, -0.15) is 0 Å². The predicted molar refractivity (Wildman–Crippen MR) is 224 cm³/mol. The Kier molecular flexibility index (Phi) is 8.68. The van der Waals surface area contributed by atoms with E-state index >= 15 is 0 Å². The molecule has 4 heteroatoms. The Morgan fingerprint density at radius 1 is 0.528 bits per heavy atom. The van der Waals surface area contributed by atoms with Crippen LogP contribution in [0.25, 0.3) is 50.0 Å². The van der Waals surface area contributed by atoms with Gasteiger partial charge >= 0.3 is 0 Å². The highest BCUT2D eigenvalue weighted by Gasteiger charge is 2.31. The number of aromatic hydroxyl groups is 1. The topological polar surface area (TPSA) is 50.9 Å². The monoisotopic (exact) mass is 699 g/mol. The molecular weight excluding hydrogens is 647 g/mol. The molecule has 0 saturated heterocycles. The van der Waals surface area contributed by atoms with Crippen molar-refractivity contribution < 1.29 is 5.11 Å². The van der Waals surface area contributed by atoms with Gasteiger partial charge in [-0.1, -0.05) is 131 Å². The van der Waals surface area contributed by atoms with E-state index in [9.17, 15) is 5.11 Å². The zero-order valence-corrected chi connectivity index (χ0v) is 33.3. The highest BCUT2D eigenvalue weighted by Crippen LogP contribution is 2.44. The quantitative estimate of drug-likeness (QED) is 0.195. The van der Waals surface area contributed by atoms with Gasteiger partial charge in [0.1, 0.15) is 11.4 Å². The van der Waals surface area contributed by atoms with Gasteiger partial charge in [-0.05, 0) is 104 Å². The zero-order valence-electron chi connectivity index (χ0n) is 33.3. The van der Waals surface area contributed by atoms with E-state index in [4.69, 9.17) is 9.97 Å². The first kappa shape index (κ1) is 36.2. The van der Waals surface area contributed by atoms with Crippen molar-refractivity contribution in [3.8, 4) is 33.8 Å². The first-order valence-electron chi connectivity index (χ1n) is 18.8. The molecule has 4 nitrogen and oxygen atoms in total. The molecule has 0 amide bonds. The van der Waals surface area contributed by atoms with Crippen LogP contribution in [0.2, 0.25) is 0 Å². The second-order valence-corrected chi connectivity index (χ2v) is 18.3. The fourth-order valence-electron chi connectivity index (χ4n) is 7.38. The summed E-state index contributed by atoms with van der Waals surface area (Å²) >= 11 is 0. The normalized spacial score (nSPS) is 12.9. The van der Waals surface area contributed by atoms with E-state index in [0.717, 1.165) is 44.5 Å². The summed E-state index contributed by atoms with van der Waals surface area (Å²) in [7, 11) is 0. The standard InChI is InChI=1S/C49H53N3O/c1-46(2,3)34-21-22-40-37(29-34)38-30-39(48(7,8)9)44(51-45(38)52(40)41-19-15-16-20-42(41)53)33-25-35(47(4,5)6)28-36(26-33)49(10,11)43-27-32(23-24-50-43)31-17-13-12-14-18-31/h12-30,53H,1-11H3. The molecule has 3 heterocycles. The third kappa shape index (κ3) is 6.65. The van der Waals surface area contributed by atoms with Gasteiger partial charge in [0.15, 0.2) is 0 Å². The summed E-state index contributed by atoms with van der Waals surface area (Å²) in [6.07, 6.45) is 1.93. The molecule has 0 bridgehead atoms. The van der Waals surface area contributed by atoms with Gasteiger partial charge in [0, 0.05) is 27.9 Å². The minimum Gasteiger partial charge on any atom is -0.506 e. The molecule has 0 saturated carbocycles. The Labute approximate surface area is 315 Å². The third-order valence-electron chi connectivity index (χ3n) is 10.8. The second-order valence-electron chi connectivity index (χ2n) is 18.3. The molecule has 0 aliphatic carbocycles. The van der Waals surface area contributed by atoms with Crippen LogP contribution in [0.3, 0.4) is 0 Å². The Morgan fingerprint density at radius 2 is 1.19 bits per heavy atom. The molecule has 4 aromatic carbocycles. The Hall–Kier alpha value is -5.22. The van der Waals surface area contributed by atoms with Crippen LogP contribution >= 0.6 is 0 Å². The van der Waals surface area contributed by atoms with Gasteiger partial charge in [0.2, 0.25) is 0 Å². The van der Waals surface area contributed by atoms with E-state index in [1.807, 2.05) is 24.4 Å². The van der Waals surface area contributed by atoms with Crippen LogP contribution in [-0.4, -0.2) is 19.6 Å². The summed E-state index contributed by atoms with van der Waals surface area (Å²) in [5, 5.41) is 13.5. The lowest BCUT2D eigenvalue weighted by Gasteiger charge is -2.30. The van der Waals surface area contributed by atoms with Crippen LogP contribution < -0.4 is 0 Å². The lowest BCUT2D eigenvalue weighted by atomic mass is 9.75. The van der Waals surface area contributed by atoms with E-state index in [1.54, 1.807) is 6.07 Å². The second kappa shape index (κ2) is 12.7. The molecule has 0 aliphatic rings. The number of hydrogen-bond acceptors (Lipinski definition) is 3. The fraction of sp³-hybridized carbons (Fsp3) is 0.306. The van der Waals surface area contributed by atoms with E-state index in [0.29, 0.717) is 5.69 Å². The number of phenols is 1. The van der Waals surface area contributed by atoms with Crippen LogP contribution in [0.4, 0.5) is 0 Å². The van der Waals surface area contributed by atoms with E-state index in [1.165, 1.54) is 27.8 Å². The number of nitrogens with zero attached hydrogens (tertiary/aromatic N) is 3. The van der Waals surface area contributed by atoms with Crippen molar-refractivity contribution in [1.82, 2.24) is 14.5 Å². The first-order valence-corrected chi connectivity index (χ1v) is 18.8. The van der Waals surface area contributed by atoms with Crippen LogP contribution in [0, 0.1) is 0 Å². The molecule has 0 fully saturated rings. The lowest BCUT2D eigenvalue weighted by molar-refractivity contribution is 0.473. The van der Waals surface area contributed by atoms with Gasteiger partial charge in [-0.3, -0.25) is 9.55 Å². The largest absolute Gasteiger partial charge is 0.506 e. The Balaban J connectivity index is 1.53. The minimum atomic E-state index is -0.402. The molecule has 1 N–H and O–H groups in total. The summed E-state index contributed by atoms with van der Waals surface area (Å²) in [6, 6.07) is 38.5. The Bertz CT molecular complexity index is 2480. The molecule has 0 radical (unpaired) electrons. The van der Waals surface area contributed by atoms with Crippen LogP contribution in [0.1, 0.15) is 104 Å². The number of pyridine rings is 2. The number of fused-ring (bicyclic) bond motifs is 3. The Morgan fingerprint density at radius 3 is 1.85 bits per heavy atom. The van der Waals surface area contributed by atoms with Crippen molar-refractivity contribution in [3.63, 3.8) is 0 Å². The zero-order chi connectivity index (χ0) is 38.1. The van der Waals surface area contributed by atoms with Crippen molar-refractivity contribution in [2.75, 3.05) is 0 Å². The van der Waals surface area contributed by atoms with E-state index in [2.05, 4.69) is 166 Å². The highest BCUT2D eigenvalue weighted by atomic mass is 16.3. The first-order chi connectivity index (χ1) is 24.8. The van der Waals surface area contributed by atoms with Gasteiger partial charge < -0.3 is 5.11 Å². The van der Waals surface area contributed by atoms with Crippen molar-refractivity contribution in [2.45, 2.75) is 97.8 Å². The number of phenolic OH excluding ortho intramolecular Hbond substituents is 1. The van der Waals surface area contributed by atoms with Crippen LogP contribution in [-0.2, 0) is 21.7 Å². The molecule has 7 aromatic rings. The van der Waals surface area contributed by atoms with Crippen LogP contribution in [0.5, 0.6) is 5.75 Å². The van der Waals surface area contributed by atoms with Crippen molar-refractivity contribution in [2.24, 2.45) is 0 Å². The SMILES string of the molecule is CC(C)(C)c1cc(-c2nc3c(cc2C(C)(C)C)c2cc(C(C)(C)C)ccc2n3-c2ccccc2O)cc(C(C)(C)c2cc(-c3ccccc3)ccn2)c1. The maximum atomic E-state index is 11.3. The fourth-order valence-corrected chi connectivity index (χ4v) is 7.38. The summed E-state index contributed by atoms with van der Waals surface area (Å²) in [4.78, 5) is 10.6. The van der Waals surface area contributed by atoms with Crippen molar-refractivity contribution >= 4 is 21.9 Å². The number of hydrogen-bond donors (Lipinski definition) is 1. The summed E-state index contributed by atoms with van der Waals surface area (Å²) in [5.41, 5.74) is 12.1. The maximum Gasteiger partial charge on any atom is 0.146 e. The van der Waals surface area contributed by atoms with Crippen molar-refractivity contribution in [1.29, 1.82) is 0 Å². The van der Waals surface area contributed by atoms with E-state index in [-0.39, 0.29) is 22.0 Å². The summed E-state index contributed by atoms with van der Waals surface area (Å²) in [6.45, 7) is 25.0. The van der Waals surface area contributed by atoms with Crippen LogP contribution in [0.15, 0.2) is 115 Å². The summed E-state index contributed by atoms with van der Waals surface area (Å²) < 4.78 is 2.14. The van der Waals surface area contributed by atoms with Gasteiger partial charge in [0.05, 0.1) is 22.6 Å². The minimum absolute atomic E-state index is 0.0240. The molecule has 0 aliphatic heterocycles. The average molecular weight is 700 g/mol. The average Bonchev–Trinajstić information content (AvgIpc) is 3.43. The number of aromatic nitrogens is 3. The summed E-state index contributed by atoms with van der Waals surface area (Å²) in [5.74, 6) is 0.221. The molecule has 270 valence electrons. The molecule has 3 aromatic heterocycles.